The topological polar surface area (TPSA) is 73.5 Å². The summed E-state index contributed by atoms with van der Waals surface area (Å²) in [5.41, 5.74) is 3.79. The molecule has 0 bridgehead atoms. The molecule has 142 valence electrons. The van der Waals surface area contributed by atoms with Crippen LogP contribution >= 0.6 is 12.4 Å². The third-order valence-corrected chi connectivity index (χ3v) is 4.72. The minimum absolute atomic E-state index is 0. The molecule has 0 fully saturated rings. The number of fused-ring (bicyclic) bond motifs is 1. The Morgan fingerprint density at radius 3 is 2.69 bits per heavy atom. The third-order valence-electron chi connectivity index (χ3n) is 4.72. The molecular formula is C19H27ClN4O2. The number of hydrogen-bond acceptors (Lipinski definition) is 3. The molecule has 3 amide bonds. The van der Waals surface area contributed by atoms with Crippen LogP contribution in [0.4, 0.5) is 4.79 Å². The van der Waals surface area contributed by atoms with Crippen molar-refractivity contribution >= 4 is 24.3 Å². The maximum atomic E-state index is 12.3. The summed E-state index contributed by atoms with van der Waals surface area (Å²) in [6.07, 6.45) is 4.29. The fourth-order valence-corrected chi connectivity index (χ4v) is 3.19. The van der Waals surface area contributed by atoms with Crippen molar-refractivity contribution in [3.8, 4) is 0 Å². The van der Waals surface area contributed by atoms with E-state index in [1.807, 2.05) is 12.1 Å². The van der Waals surface area contributed by atoms with Gasteiger partial charge in [0.2, 0.25) is 5.91 Å². The molecule has 1 aromatic rings. The van der Waals surface area contributed by atoms with Crippen LogP contribution in [0.1, 0.15) is 24.0 Å². The van der Waals surface area contributed by atoms with Gasteiger partial charge in [-0.15, -0.1) is 12.4 Å². The highest BCUT2D eigenvalue weighted by atomic mass is 35.5. The Balaban J connectivity index is 0.00000243. The smallest absolute Gasteiger partial charge is 0.317 e. The Bertz CT molecular complexity index is 663. The van der Waals surface area contributed by atoms with Crippen LogP contribution in [0.25, 0.3) is 0 Å². The second kappa shape index (κ2) is 10.2. The van der Waals surface area contributed by atoms with Gasteiger partial charge in [0.1, 0.15) is 0 Å². The largest absolute Gasteiger partial charge is 0.352 e. The molecule has 0 aromatic heterocycles. The molecule has 3 rings (SSSR count). The molecule has 0 saturated carbocycles. The Morgan fingerprint density at radius 1 is 1.12 bits per heavy atom. The summed E-state index contributed by atoms with van der Waals surface area (Å²) in [4.78, 5) is 26.0. The monoisotopic (exact) mass is 378 g/mol. The lowest BCUT2D eigenvalue weighted by Crippen LogP contribution is -2.43. The number of nitrogens with one attached hydrogen (secondary N) is 3. The predicted octanol–water partition coefficient (Wildman–Crippen LogP) is 1.60. The fraction of sp³-hybridized carbons (Fsp3) is 0.474. The maximum absolute atomic E-state index is 12.3. The minimum Gasteiger partial charge on any atom is -0.352 e. The Labute approximate surface area is 160 Å². The molecule has 0 aliphatic carbocycles. The molecule has 7 heteroatoms. The molecule has 0 unspecified atom stereocenters. The van der Waals surface area contributed by atoms with E-state index in [0.29, 0.717) is 26.1 Å². The highest BCUT2D eigenvalue weighted by Gasteiger charge is 2.20. The summed E-state index contributed by atoms with van der Waals surface area (Å²) in [7, 11) is 0. The van der Waals surface area contributed by atoms with E-state index >= 15 is 0 Å². The molecule has 2 aliphatic heterocycles. The lowest BCUT2D eigenvalue weighted by Gasteiger charge is -2.28. The molecule has 0 spiro atoms. The van der Waals surface area contributed by atoms with Gasteiger partial charge in [-0.05, 0) is 30.5 Å². The van der Waals surface area contributed by atoms with E-state index in [1.54, 1.807) is 4.90 Å². The van der Waals surface area contributed by atoms with Gasteiger partial charge in [0.05, 0.1) is 0 Å². The van der Waals surface area contributed by atoms with E-state index in [0.717, 1.165) is 32.5 Å². The van der Waals surface area contributed by atoms with E-state index in [1.165, 1.54) is 16.7 Å². The van der Waals surface area contributed by atoms with E-state index < -0.39 is 0 Å². The highest BCUT2D eigenvalue weighted by molar-refractivity contribution is 5.85. The van der Waals surface area contributed by atoms with Gasteiger partial charge >= 0.3 is 6.03 Å². The van der Waals surface area contributed by atoms with Gasteiger partial charge in [0.15, 0.2) is 0 Å². The van der Waals surface area contributed by atoms with Gasteiger partial charge in [-0.1, -0.05) is 35.9 Å². The number of halogens is 1. The molecule has 0 saturated heterocycles. The number of rotatable bonds is 5. The predicted molar refractivity (Wildman–Crippen MR) is 104 cm³/mol. The molecule has 2 heterocycles. The first-order valence-electron chi connectivity index (χ1n) is 8.97. The van der Waals surface area contributed by atoms with Crippen LogP contribution in [0, 0.1) is 0 Å². The molecule has 6 nitrogen and oxygen atoms in total. The van der Waals surface area contributed by atoms with Gasteiger partial charge < -0.3 is 20.9 Å². The third kappa shape index (κ3) is 5.75. The van der Waals surface area contributed by atoms with Crippen molar-refractivity contribution in [2.24, 2.45) is 0 Å². The first-order valence-corrected chi connectivity index (χ1v) is 8.97. The lowest BCUT2D eigenvalue weighted by atomic mass is 10.0. The quantitative estimate of drug-likeness (QED) is 0.681. The molecule has 26 heavy (non-hydrogen) atoms. The minimum atomic E-state index is -0.0941. The van der Waals surface area contributed by atoms with Crippen LogP contribution in [0.2, 0.25) is 0 Å². The SMILES string of the molecule is Cl.O=C(CCNC(=O)N1CCc2ccccc2C1)NCC1=CCNCC1. The van der Waals surface area contributed by atoms with Gasteiger partial charge in [0.25, 0.3) is 0 Å². The van der Waals surface area contributed by atoms with Crippen molar-refractivity contribution in [3.63, 3.8) is 0 Å². The van der Waals surface area contributed by atoms with Crippen LogP contribution < -0.4 is 16.0 Å². The van der Waals surface area contributed by atoms with E-state index in [9.17, 15) is 9.59 Å². The summed E-state index contributed by atoms with van der Waals surface area (Å²) in [6.45, 7) is 4.17. The summed E-state index contributed by atoms with van der Waals surface area (Å²) in [5.74, 6) is -0.0243. The van der Waals surface area contributed by atoms with Gasteiger partial charge in [-0.25, -0.2) is 4.79 Å². The highest BCUT2D eigenvalue weighted by Crippen LogP contribution is 2.18. The maximum Gasteiger partial charge on any atom is 0.317 e. The molecule has 0 radical (unpaired) electrons. The van der Waals surface area contributed by atoms with E-state index in [4.69, 9.17) is 0 Å². The van der Waals surface area contributed by atoms with Crippen molar-refractivity contribution in [2.75, 3.05) is 32.7 Å². The van der Waals surface area contributed by atoms with Crippen LogP contribution in [-0.4, -0.2) is 49.6 Å². The molecule has 3 N–H and O–H groups in total. The van der Waals surface area contributed by atoms with Crippen LogP contribution in [0.5, 0.6) is 0 Å². The molecular weight excluding hydrogens is 352 g/mol. The van der Waals surface area contributed by atoms with Crippen molar-refractivity contribution in [2.45, 2.75) is 25.8 Å². The normalized spacial score (nSPS) is 16.0. The average Bonchev–Trinajstić information content (AvgIpc) is 2.66. The standard InChI is InChI=1S/C19H26N4O2.ClH/c24-18(22-13-15-5-9-20-10-6-15)7-11-21-19(25)23-12-8-16-3-1-2-4-17(16)14-23;/h1-5,20H,6-14H2,(H,21,25)(H,22,24);1H. The number of amides is 3. The summed E-state index contributed by atoms with van der Waals surface area (Å²) >= 11 is 0. The molecule has 2 aliphatic rings. The van der Waals surface area contributed by atoms with E-state index in [-0.39, 0.29) is 24.3 Å². The van der Waals surface area contributed by atoms with Gasteiger partial charge in [-0.2, -0.15) is 0 Å². The number of urea groups is 1. The second-order valence-corrected chi connectivity index (χ2v) is 6.52. The zero-order chi connectivity index (χ0) is 17.5. The summed E-state index contributed by atoms with van der Waals surface area (Å²) in [6, 6.07) is 8.13. The first-order chi connectivity index (χ1) is 12.2. The summed E-state index contributed by atoms with van der Waals surface area (Å²) < 4.78 is 0. The fourth-order valence-electron chi connectivity index (χ4n) is 3.19. The zero-order valence-corrected chi connectivity index (χ0v) is 15.7. The number of carbonyl (C=O) groups excluding carboxylic acids is 2. The van der Waals surface area contributed by atoms with Crippen molar-refractivity contribution in [1.29, 1.82) is 0 Å². The number of carbonyl (C=O) groups is 2. The molecule has 0 atom stereocenters. The van der Waals surface area contributed by atoms with Crippen molar-refractivity contribution in [1.82, 2.24) is 20.9 Å². The summed E-state index contributed by atoms with van der Waals surface area (Å²) in [5, 5.41) is 9.02. The van der Waals surface area contributed by atoms with Crippen molar-refractivity contribution in [3.05, 3.63) is 47.0 Å². The van der Waals surface area contributed by atoms with Gasteiger partial charge in [0, 0.05) is 39.1 Å². The van der Waals surface area contributed by atoms with Gasteiger partial charge in [-0.3, -0.25) is 4.79 Å². The molecule has 1 aromatic carbocycles. The number of hydrogen-bond donors (Lipinski definition) is 3. The van der Waals surface area contributed by atoms with Crippen molar-refractivity contribution < 1.29 is 9.59 Å². The zero-order valence-electron chi connectivity index (χ0n) is 14.9. The average molecular weight is 379 g/mol. The van der Waals surface area contributed by atoms with Crippen LogP contribution in [0.15, 0.2) is 35.9 Å². The van der Waals surface area contributed by atoms with Crippen LogP contribution in [0.3, 0.4) is 0 Å². The Morgan fingerprint density at radius 2 is 1.92 bits per heavy atom. The number of benzene rings is 1. The number of nitrogens with zero attached hydrogens (tertiary/aromatic N) is 1. The Kier molecular flexibility index (Phi) is 7.94. The second-order valence-electron chi connectivity index (χ2n) is 6.52. The first kappa shape index (κ1) is 20.3. The van der Waals surface area contributed by atoms with E-state index in [2.05, 4.69) is 34.2 Å². The lowest BCUT2D eigenvalue weighted by molar-refractivity contribution is -0.120. The Hall–Kier alpha value is -2.05. The van der Waals surface area contributed by atoms with Crippen LogP contribution in [-0.2, 0) is 17.8 Å².